The SMILES string of the molecule is CC(C)C(N)CCN(C)C(=O)CCN1CCCC1. The first-order valence-electron chi connectivity index (χ1n) is 7.22. The normalized spacial score (nSPS) is 18.3. The van der Waals surface area contributed by atoms with Gasteiger partial charge in [-0.2, -0.15) is 0 Å². The topological polar surface area (TPSA) is 49.6 Å². The molecule has 0 aromatic heterocycles. The van der Waals surface area contributed by atoms with Gasteiger partial charge in [0.25, 0.3) is 0 Å². The van der Waals surface area contributed by atoms with Crippen molar-refractivity contribution in [1.29, 1.82) is 0 Å². The fraction of sp³-hybridized carbons (Fsp3) is 0.929. The molecule has 1 amide bonds. The van der Waals surface area contributed by atoms with Gasteiger partial charge in [0.1, 0.15) is 0 Å². The van der Waals surface area contributed by atoms with Gasteiger partial charge in [0.05, 0.1) is 0 Å². The van der Waals surface area contributed by atoms with Gasteiger partial charge in [0, 0.05) is 32.6 Å². The van der Waals surface area contributed by atoms with Gasteiger partial charge in [-0.25, -0.2) is 0 Å². The molecule has 0 aromatic rings. The van der Waals surface area contributed by atoms with Gasteiger partial charge in [-0.3, -0.25) is 4.79 Å². The standard InChI is InChI=1S/C14H29N3O/c1-12(2)13(15)6-10-16(3)14(18)7-11-17-8-4-5-9-17/h12-13H,4-11,15H2,1-3H3. The number of carbonyl (C=O) groups is 1. The van der Waals surface area contributed by atoms with Crippen LogP contribution in [-0.4, -0.2) is 55.0 Å². The molecule has 2 N–H and O–H groups in total. The van der Waals surface area contributed by atoms with E-state index in [4.69, 9.17) is 5.73 Å². The molecule has 4 nitrogen and oxygen atoms in total. The van der Waals surface area contributed by atoms with E-state index in [1.807, 2.05) is 11.9 Å². The fourth-order valence-electron chi connectivity index (χ4n) is 2.25. The van der Waals surface area contributed by atoms with Crippen molar-refractivity contribution in [2.75, 3.05) is 33.2 Å². The molecule has 1 unspecified atom stereocenters. The molecule has 1 saturated heterocycles. The van der Waals surface area contributed by atoms with Crippen molar-refractivity contribution in [3.05, 3.63) is 0 Å². The van der Waals surface area contributed by atoms with Crippen LogP contribution in [0.25, 0.3) is 0 Å². The monoisotopic (exact) mass is 255 g/mol. The zero-order chi connectivity index (χ0) is 13.5. The molecule has 0 bridgehead atoms. The van der Waals surface area contributed by atoms with E-state index in [1.165, 1.54) is 12.8 Å². The lowest BCUT2D eigenvalue weighted by Crippen LogP contribution is -2.36. The second-order valence-electron chi connectivity index (χ2n) is 5.81. The molecule has 1 fully saturated rings. The molecule has 1 aliphatic heterocycles. The summed E-state index contributed by atoms with van der Waals surface area (Å²) in [6.45, 7) is 8.27. The molecule has 0 aliphatic carbocycles. The maximum Gasteiger partial charge on any atom is 0.223 e. The predicted octanol–water partition coefficient (Wildman–Crippen LogP) is 1.30. The Labute approximate surface area is 111 Å². The van der Waals surface area contributed by atoms with Crippen LogP contribution in [0.1, 0.15) is 39.5 Å². The van der Waals surface area contributed by atoms with E-state index in [-0.39, 0.29) is 11.9 Å². The first-order valence-corrected chi connectivity index (χ1v) is 7.22. The van der Waals surface area contributed by atoms with Crippen LogP contribution in [0.15, 0.2) is 0 Å². The highest BCUT2D eigenvalue weighted by Crippen LogP contribution is 2.08. The highest BCUT2D eigenvalue weighted by Gasteiger charge is 2.16. The van der Waals surface area contributed by atoms with Gasteiger partial charge < -0.3 is 15.5 Å². The van der Waals surface area contributed by atoms with Crippen LogP contribution in [0.4, 0.5) is 0 Å². The van der Waals surface area contributed by atoms with Gasteiger partial charge in [0.15, 0.2) is 0 Å². The number of amides is 1. The number of rotatable bonds is 7. The summed E-state index contributed by atoms with van der Waals surface area (Å²) in [5.74, 6) is 0.732. The average molecular weight is 255 g/mol. The molecule has 1 rings (SSSR count). The van der Waals surface area contributed by atoms with Gasteiger partial charge in [-0.05, 0) is 38.3 Å². The first-order chi connectivity index (χ1) is 8.50. The molecule has 106 valence electrons. The van der Waals surface area contributed by atoms with Crippen molar-refractivity contribution in [2.45, 2.75) is 45.6 Å². The Balaban J connectivity index is 2.15. The largest absolute Gasteiger partial charge is 0.346 e. The molecular formula is C14H29N3O. The van der Waals surface area contributed by atoms with Crippen LogP contribution in [-0.2, 0) is 4.79 Å². The molecule has 0 saturated carbocycles. The Morgan fingerprint density at radius 2 is 1.94 bits per heavy atom. The lowest BCUT2D eigenvalue weighted by atomic mass is 10.0. The Morgan fingerprint density at radius 3 is 2.50 bits per heavy atom. The second kappa shape index (κ2) is 7.74. The molecular weight excluding hydrogens is 226 g/mol. The highest BCUT2D eigenvalue weighted by atomic mass is 16.2. The molecule has 0 spiro atoms. The summed E-state index contributed by atoms with van der Waals surface area (Å²) in [7, 11) is 1.89. The average Bonchev–Trinajstić information content (AvgIpc) is 2.85. The molecule has 1 aliphatic rings. The summed E-state index contributed by atoms with van der Waals surface area (Å²) >= 11 is 0. The van der Waals surface area contributed by atoms with Gasteiger partial charge in [-0.15, -0.1) is 0 Å². The highest BCUT2D eigenvalue weighted by molar-refractivity contribution is 5.76. The van der Waals surface area contributed by atoms with Crippen molar-refractivity contribution < 1.29 is 4.79 Å². The van der Waals surface area contributed by atoms with Crippen LogP contribution in [0.3, 0.4) is 0 Å². The van der Waals surface area contributed by atoms with Crippen LogP contribution < -0.4 is 5.73 Å². The number of carbonyl (C=O) groups excluding carboxylic acids is 1. The number of hydrogen-bond donors (Lipinski definition) is 1. The molecule has 0 aromatic carbocycles. The van der Waals surface area contributed by atoms with E-state index < -0.39 is 0 Å². The lowest BCUT2D eigenvalue weighted by molar-refractivity contribution is -0.130. The summed E-state index contributed by atoms with van der Waals surface area (Å²) < 4.78 is 0. The fourth-order valence-corrected chi connectivity index (χ4v) is 2.25. The van der Waals surface area contributed by atoms with E-state index >= 15 is 0 Å². The number of hydrogen-bond acceptors (Lipinski definition) is 3. The number of nitrogens with two attached hydrogens (primary N) is 1. The van der Waals surface area contributed by atoms with Crippen molar-refractivity contribution in [1.82, 2.24) is 9.80 Å². The minimum absolute atomic E-state index is 0.193. The number of likely N-dealkylation sites (tertiary alicyclic amines) is 1. The summed E-state index contributed by atoms with van der Waals surface area (Å²) in [4.78, 5) is 16.2. The van der Waals surface area contributed by atoms with E-state index in [0.29, 0.717) is 12.3 Å². The van der Waals surface area contributed by atoms with Gasteiger partial charge >= 0.3 is 0 Å². The predicted molar refractivity (Wildman–Crippen MR) is 75.4 cm³/mol. The molecule has 1 atom stereocenters. The van der Waals surface area contributed by atoms with E-state index in [9.17, 15) is 4.79 Å². The molecule has 0 radical (unpaired) electrons. The van der Waals surface area contributed by atoms with Crippen LogP contribution in [0, 0.1) is 5.92 Å². The van der Waals surface area contributed by atoms with Crippen LogP contribution >= 0.6 is 0 Å². The third-order valence-corrected chi connectivity index (χ3v) is 3.92. The van der Waals surface area contributed by atoms with Crippen molar-refractivity contribution in [3.8, 4) is 0 Å². The molecule has 4 heteroatoms. The van der Waals surface area contributed by atoms with E-state index in [1.54, 1.807) is 0 Å². The van der Waals surface area contributed by atoms with Crippen molar-refractivity contribution in [2.24, 2.45) is 11.7 Å². The second-order valence-corrected chi connectivity index (χ2v) is 5.81. The zero-order valence-electron chi connectivity index (χ0n) is 12.2. The minimum Gasteiger partial charge on any atom is -0.346 e. The maximum absolute atomic E-state index is 11.9. The molecule has 18 heavy (non-hydrogen) atoms. The smallest absolute Gasteiger partial charge is 0.223 e. The van der Waals surface area contributed by atoms with E-state index in [2.05, 4.69) is 18.7 Å². The minimum atomic E-state index is 0.193. The Morgan fingerprint density at radius 1 is 1.33 bits per heavy atom. The quantitative estimate of drug-likeness (QED) is 0.746. The van der Waals surface area contributed by atoms with Gasteiger partial charge in [-0.1, -0.05) is 13.8 Å². The van der Waals surface area contributed by atoms with Crippen molar-refractivity contribution >= 4 is 5.91 Å². The third-order valence-electron chi connectivity index (χ3n) is 3.92. The van der Waals surface area contributed by atoms with Crippen LogP contribution in [0.5, 0.6) is 0 Å². The van der Waals surface area contributed by atoms with Crippen LogP contribution in [0.2, 0.25) is 0 Å². The van der Waals surface area contributed by atoms with Gasteiger partial charge in [0.2, 0.25) is 5.91 Å². The Bertz CT molecular complexity index is 249. The Hall–Kier alpha value is -0.610. The maximum atomic E-state index is 11.9. The molecule has 1 heterocycles. The lowest BCUT2D eigenvalue weighted by Gasteiger charge is -2.22. The van der Waals surface area contributed by atoms with Crippen molar-refractivity contribution in [3.63, 3.8) is 0 Å². The first kappa shape index (κ1) is 15.4. The summed E-state index contributed by atoms with van der Waals surface area (Å²) in [5.41, 5.74) is 5.99. The zero-order valence-corrected chi connectivity index (χ0v) is 12.2. The summed E-state index contributed by atoms with van der Waals surface area (Å²) in [5, 5.41) is 0. The summed E-state index contributed by atoms with van der Waals surface area (Å²) in [6, 6.07) is 0.193. The number of nitrogens with zero attached hydrogens (tertiary/aromatic N) is 2. The summed E-state index contributed by atoms with van der Waals surface area (Å²) in [6.07, 6.45) is 4.11. The third kappa shape index (κ3) is 5.36. The van der Waals surface area contributed by atoms with E-state index in [0.717, 1.165) is 32.6 Å². The Kier molecular flexibility index (Phi) is 6.65.